The highest BCUT2D eigenvalue weighted by Gasteiger charge is 2.00. The Morgan fingerprint density at radius 3 is 2.82 bits per heavy atom. The van der Waals surface area contributed by atoms with Crippen LogP contribution in [0.2, 0.25) is 0 Å². The Morgan fingerprint density at radius 1 is 1.55 bits per heavy atom. The lowest BCUT2D eigenvalue weighted by atomic mass is 10.3. The molecular weight excluding hydrogens is 340 g/mol. The Balaban J connectivity index is 3.06. The highest BCUT2D eigenvalue weighted by atomic mass is 79.9. The van der Waals surface area contributed by atoms with Crippen LogP contribution in [0.3, 0.4) is 0 Å². The minimum Gasteiger partial charge on any atom is -0.307 e. The lowest BCUT2D eigenvalue weighted by Gasteiger charge is -2.03. The summed E-state index contributed by atoms with van der Waals surface area (Å²) in [5.41, 5.74) is 1.11. The summed E-state index contributed by atoms with van der Waals surface area (Å²) < 4.78 is 3.81. The Hall–Kier alpha value is 0.390. The number of aromatic nitrogens is 1. The Morgan fingerprint density at radius 2 is 2.27 bits per heavy atom. The number of halogens is 3. The number of pyridine rings is 1. The van der Waals surface area contributed by atoms with E-state index in [-0.39, 0.29) is 0 Å². The van der Waals surface area contributed by atoms with Crippen molar-refractivity contribution >= 4 is 53.8 Å². The molecule has 0 aliphatic heterocycles. The van der Waals surface area contributed by atoms with E-state index in [1.807, 2.05) is 6.07 Å². The monoisotopic (exact) mass is 342 g/mol. The van der Waals surface area contributed by atoms with E-state index in [0.717, 1.165) is 21.2 Å². The summed E-state index contributed by atoms with van der Waals surface area (Å²) >= 11 is 9.83. The fraction of sp³-hybridized carbons (Fsp3) is 0.167. The van der Waals surface area contributed by atoms with Crippen LogP contribution >= 0.6 is 48.0 Å². The molecule has 5 heteroatoms. The topological polar surface area (TPSA) is 24.9 Å². The minimum absolute atomic E-state index is 0.785. The molecule has 0 amide bonds. The second kappa shape index (κ2) is 4.42. The summed E-state index contributed by atoms with van der Waals surface area (Å²) in [5, 5.41) is 0.785. The summed E-state index contributed by atoms with van der Waals surface area (Å²) in [6, 6.07) is 2.01. The average molecular weight is 345 g/mol. The summed E-state index contributed by atoms with van der Waals surface area (Å²) in [5.74, 6) is 0.838. The summed E-state index contributed by atoms with van der Waals surface area (Å²) in [6.45, 7) is 0. The van der Waals surface area contributed by atoms with Crippen LogP contribution in [0.25, 0.3) is 0 Å². The molecule has 0 unspecified atom stereocenters. The number of nitrogens with zero attached hydrogens (tertiary/aromatic N) is 1. The van der Waals surface area contributed by atoms with Gasteiger partial charge in [-0.1, -0.05) is 15.9 Å². The summed E-state index contributed by atoms with van der Waals surface area (Å²) in [6.07, 6.45) is 1.75. The van der Waals surface area contributed by atoms with Crippen molar-refractivity contribution in [3.8, 4) is 0 Å². The van der Waals surface area contributed by atoms with Crippen molar-refractivity contribution in [2.75, 3.05) is 4.34 Å². The third kappa shape index (κ3) is 2.42. The first-order valence-electron chi connectivity index (χ1n) is 2.85. The molecule has 0 saturated carbocycles. The zero-order valence-electron chi connectivity index (χ0n) is 5.44. The van der Waals surface area contributed by atoms with Crippen molar-refractivity contribution in [3.63, 3.8) is 0 Å². The van der Waals surface area contributed by atoms with Gasteiger partial charge in [0.15, 0.2) is 0 Å². The van der Waals surface area contributed by atoms with E-state index >= 15 is 0 Å². The SMILES string of the molecule is BrCc1cc(Br)cnc1NBr. The molecule has 0 aromatic carbocycles. The van der Waals surface area contributed by atoms with Crippen molar-refractivity contribution in [2.24, 2.45) is 0 Å². The van der Waals surface area contributed by atoms with Crippen molar-refractivity contribution in [1.29, 1.82) is 0 Å². The Bertz CT molecular complexity index is 252. The van der Waals surface area contributed by atoms with Gasteiger partial charge in [-0.3, -0.25) is 0 Å². The molecule has 2 nitrogen and oxygen atoms in total. The van der Waals surface area contributed by atoms with Gasteiger partial charge in [-0.15, -0.1) is 0 Å². The van der Waals surface area contributed by atoms with Crippen molar-refractivity contribution in [3.05, 3.63) is 22.3 Å². The number of nitrogens with one attached hydrogen (secondary N) is 1. The maximum absolute atomic E-state index is 4.13. The largest absolute Gasteiger partial charge is 0.307 e. The molecule has 1 N–H and O–H groups in total. The molecule has 0 fully saturated rings. The fourth-order valence-corrected chi connectivity index (χ4v) is 1.83. The Labute approximate surface area is 90.4 Å². The molecular formula is C6H5Br3N2. The number of hydrogen-bond donors (Lipinski definition) is 1. The second-order valence-corrected chi connectivity index (χ2v) is 3.76. The third-order valence-corrected chi connectivity index (χ3v) is 2.58. The molecule has 1 aromatic rings. The molecule has 0 bridgehead atoms. The predicted octanol–water partition coefficient (Wildman–Crippen LogP) is 3.46. The molecule has 0 radical (unpaired) electrons. The molecule has 1 heterocycles. The van der Waals surface area contributed by atoms with Gasteiger partial charge in [0.05, 0.1) is 0 Å². The van der Waals surface area contributed by atoms with Gasteiger partial charge in [-0.25, -0.2) is 4.98 Å². The second-order valence-electron chi connectivity index (χ2n) is 1.89. The number of rotatable bonds is 2. The highest BCUT2D eigenvalue weighted by Crippen LogP contribution is 2.20. The quantitative estimate of drug-likeness (QED) is 0.656. The normalized spacial score (nSPS) is 9.73. The van der Waals surface area contributed by atoms with Gasteiger partial charge in [-0.05, 0) is 22.0 Å². The average Bonchev–Trinajstić information content (AvgIpc) is 2.04. The molecule has 0 saturated heterocycles. The van der Waals surface area contributed by atoms with Gasteiger partial charge in [0.25, 0.3) is 0 Å². The Kier molecular flexibility index (Phi) is 3.81. The van der Waals surface area contributed by atoms with Crippen molar-refractivity contribution in [2.45, 2.75) is 5.33 Å². The molecule has 60 valence electrons. The van der Waals surface area contributed by atoms with Crippen LogP contribution in [0.1, 0.15) is 5.56 Å². The minimum atomic E-state index is 0.785. The van der Waals surface area contributed by atoms with E-state index in [2.05, 4.69) is 57.3 Å². The first-order valence-corrected chi connectivity index (χ1v) is 5.55. The van der Waals surface area contributed by atoms with Gasteiger partial charge in [0, 0.05) is 37.7 Å². The van der Waals surface area contributed by atoms with Crippen LogP contribution in [0.4, 0.5) is 5.82 Å². The maximum Gasteiger partial charge on any atom is 0.139 e. The van der Waals surface area contributed by atoms with Crippen LogP contribution in [-0.4, -0.2) is 4.98 Å². The van der Waals surface area contributed by atoms with Crippen LogP contribution in [0.5, 0.6) is 0 Å². The first-order chi connectivity index (χ1) is 5.27. The fourth-order valence-electron chi connectivity index (χ4n) is 0.668. The zero-order valence-corrected chi connectivity index (χ0v) is 10.2. The van der Waals surface area contributed by atoms with Crippen molar-refractivity contribution < 1.29 is 0 Å². The van der Waals surface area contributed by atoms with Gasteiger partial charge in [0.2, 0.25) is 0 Å². The summed E-state index contributed by atoms with van der Waals surface area (Å²) in [7, 11) is 0. The predicted molar refractivity (Wildman–Crippen MR) is 57.1 cm³/mol. The smallest absolute Gasteiger partial charge is 0.139 e. The van der Waals surface area contributed by atoms with Gasteiger partial charge >= 0.3 is 0 Å². The highest BCUT2D eigenvalue weighted by molar-refractivity contribution is 9.10. The van der Waals surface area contributed by atoms with E-state index in [9.17, 15) is 0 Å². The lowest BCUT2D eigenvalue weighted by molar-refractivity contribution is 1.25. The van der Waals surface area contributed by atoms with Crippen LogP contribution < -0.4 is 4.34 Å². The van der Waals surface area contributed by atoms with Crippen molar-refractivity contribution in [1.82, 2.24) is 4.98 Å². The first kappa shape index (κ1) is 9.48. The third-order valence-electron chi connectivity index (χ3n) is 1.17. The molecule has 11 heavy (non-hydrogen) atoms. The van der Waals surface area contributed by atoms with Gasteiger partial charge in [-0.2, -0.15) is 0 Å². The molecule has 1 rings (SSSR count). The van der Waals surface area contributed by atoms with Gasteiger partial charge in [0.1, 0.15) is 5.82 Å². The number of anilines is 1. The number of alkyl halides is 1. The van der Waals surface area contributed by atoms with Crippen LogP contribution in [0.15, 0.2) is 16.7 Å². The molecule has 0 aliphatic carbocycles. The van der Waals surface area contributed by atoms with E-state index in [1.54, 1.807) is 6.20 Å². The van der Waals surface area contributed by atoms with E-state index in [0.29, 0.717) is 0 Å². The van der Waals surface area contributed by atoms with E-state index < -0.39 is 0 Å². The lowest BCUT2D eigenvalue weighted by Crippen LogP contribution is -1.91. The zero-order chi connectivity index (χ0) is 8.27. The van der Waals surface area contributed by atoms with Crippen LogP contribution in [0, 0.1) is 0 Å². The molecule has 0 aliphatic rings. The molecule has 0 atom stereocenters. The molecule has 0 spiro atoms. The van der Waals surface area contributed by atoms with Gasteiger partial charge < -0.3 is 4.34 Å². The van der Waals surface area contributed by atoms with E-state index in [4.69, 9.17) is 0 Å². The summed E-state index contributed by atoms with van der Waals surface area (Å²) in [4.78, 5) is 4.13. The number of hydrogen-bond acceptors (Lipinski definition) is 2. The molecule has 1 aromatic heterocycles. The van der Waals surface area contributed by atoms with Crippen LogP contribution in [-0.2, 0) is 5.33 Å². The maximum atomic E-state index is 4.13. The van der Waals surface area contributed by atoms with E-state index in [1.165, 1.54) is 0 Å². The standard InChI is InChI=1S/C6H5Br3N2/c7-2-4-1-5(8)3-10-6(4)11-9/h1,3H,2H2,(H,10,11).